The van der Waals surface area contributed by atoms with E-state index in [0.29, 0.717) is 16.5 Å². The van der Waals surface area contributed by atoms with Crippen molar-refractivity contribution >= 4 is 32.6 Å². The molecule has 0 aliphatic heterocycles. The first-order valence-electron chi connectivity index (χ1n) is 9.06. The van der Waals surface area contributed by atoms with E-state index in [0.717, 1.165) is 0 Å². The highest BCUT2D eigenvalue weighted by Crippen LogP contribution is 2.19. The van der Waals surface area contributed by atoms with Gasteiger partial charge in [0.1, 0.15) is 18.2 Å². The zero-order valence-electron chi connectivity index (χ0n) is 15.9. The minimum absolute atomic E-state index is 0.0465. The van der Waals surface area contributed by atoms with Gasteiger partial charge < -0.3 is 15.1 Å². The van der Waals surface area contributed by atoms with E-state index in [-0.39, 0.29) is 18.1 Å². The summed E-state index contributed by atoms with van der Waals surface area (Å²) in [6, 6.07) is 17.4. The fourth-order valence-electron chi connectivity index (χ4n) is 2.90. The molecule has 3 rings (SSSR count). The largest absolute Gasteiger partial charge is 0.451 e. The second kappa shape index (κ2) is 9.24. The van der Waals surface area contributed by atoms with E-state index in [1.54, 1.807) is 60.7 Å². The lowest BCUT2D eigenvalue weighted by Crippen LogP contribution is -2.50. The third-order valence-corrected chi connectivity index (χ3v) is 5.88. The Morgan fingerprint density at radius 3 is 2.47 bits per heavy atom. The molecule has 0 bridgehead atoms. The molecule has 2 amide bonds. The fraction of sp³-hybridized carbons (Fsp3) is 0.190. The smallest absolute Gasteiger partial charge is 0.287 e. The number of para-hydroxylation sites is 1. The van der Waals surface area contributed by atoms with Gasteiger partial charge in [0.15, 0.2) is 15.6 Å². The van der Waals surface area contributed by atoms with Crippen LogP contribution in [0.15, 0.2) is 65.1 Å². The Kier molecular flexibility index (Phi) is 6.49. The van der Waals surface area contributed by atoms with Gasteiger partial charge in [0.2, 0.25) is 5.91 Å². The van der Waals surface area contributed by atoms with Crippen molar-refractivity contribution in [3.05, 3.63) is 72.0 Å². The first-order chi connectivity index (χ1) is 14.4. The number of fused-ring (bicyclic) bond motifs is 1. The summed E-state index contributed by atoms with van der Waals surface area (Å²) in [4.78, 5) is 25.0. The van der Waals surface area contributed by atoms with Crippen molar-refractivity contribution in [1.29, 1.82) is 5.26 Å². The fourth-order valence-corrected chi connectivity index (χ4v) is 4.46. The quantitative estimate of drug-likeness (QED) is 0.529. The maximum Gasteiger partial charge on any atom is 0.287 e. The molecule has 2 aromatic carbocycles. The summed E-state index contributed by atoms with van der Waals surface area (Å²) in [6.07, 6.45) is 0. The van der Waals surface area contributed by atoms with Crippen molar-refractivity contribution in [3.8, 4) is 6.07 Å². The molecule has 1 aromatic heterocycles. The molecule has 30 heavy (non-hydrogen) atoms. The minimum atomic E-state index is -3.75. The summed E-state index contributed by atoms with van der Waals surface area (Å²) < 4.78 is 30.7. The summed E-state index contributed by atoms with van der Waals surface area (Å²) in [5, 5.41) is 14.1. The molecule has 8 nitrogen and oxygen atoms in total. The van der Waals surface area contributed by atoms with Crippen LogP contribution in [0.5, 0.6) is 0 Å². The van der Waals surface area contributed by atoms with Crippen LogP contribution in [-0.2, 0) is 20.4 Å². The molecule has 1 atom stereocenters. The van der Waals surface area contributed by atoms with Gasteiger partial charge in [0.25, 0.3) is 5.91 Å². The lowest BCUT2D eigenvalue weighted by Gasteiger charge is -2.17. The highest BCUT2D eigenvalue weighted by molar-refractivity contribution is 7.90. The van der Waals surface area contributed by atoms with E-state index < -0.39 is 33.4 Å². The predicted molar refractivity (Wildman–Crippen MR) is 110 cm³/mol. The average molecular weight is 425 g/mol. The second-order valence-corrected chi connectivity index (χ2v) is 8.70. The Balaban J connectivity index is 1.78. The lowest BCUT2D eigenvalue weighted by atomic mass is 10.2. The third-order valence-electron chi connectivity index (χ3n) is 4.26. The zero-order valence-corrected chi connectivity index (χ0v) is 16.7. The van der Waals surface area contributed by atoms with Gasteiger partial charge >= 0.3 is 0 Å². The van der Waals surface area contributed by atoms with Crippen LogP contribution in [0.25, 0.3) is 11.0 Å². The molecule has 0 saturated carbocycles. The number of benzene rings is 2. The van der Waals surface area contributed by atoms with E-state index in [2.05, 4.69) is 10.6 Å². The Hall–Kier alpha value is -3.64. The van der Waals surface area contributed by atoms with E-state index in [4.69, 9.17) is 9.68 Å². The van der Waals surface area contributed by atoms with Crippen LogP contribution in [0.1, 0.15) is 16.1 Å². The average Bonchev–Trinajstić information content (AvgIpc) is 3.16. The Labute approximate surface area is 173 Å². The summed E-state index contributed by atoms with van der Waals surface area (Å²) in [7, 11) is -3.75. The van der Waals surface area contributed by atoms with Crippen LogP contribution in [0.3, 0.4) is 0 Å². The first kappa shape index (κ1) is 21.1. The van der Waals surface area contributed by atoms with E-state index in [1.807, 2.05) is 0 Å². The van der Waals surface area contributed by atoms with Crippen molar-refractivity contribution in [2.75, 3.05) is 12.3 Å². The Morgan fingerprint density at radius 1 is 1.07 bits per heavy atom. The third kappa shape index (κ3) is 5.46. The normalized spacial score (nSPS) is 12.1. The van der Waals surface area contributed by atoms with Gasteiger partial charge in [0.05, 0.1) is 17.6 Å². The Morgan fingerprint density at radius 2 is 1.77 bits per heavy atom. The molecule has 154 valence electrons. The van der Waals surface area contributed by atoms with Gasteiger partial charge in [-0.2, -0.15) is 5.26 Å². The van der Waals surface area contributed by atoms with E-state index >= 15 is 0 Å². The number of amides is 2. The number of rotatable bonds is 8. The predicted octanol–water partition coefficient (Wildman–Crippen LogP) is 1.79. The summed E-state index contributed by atoms with van der Waals surface area (Å²) in [6.45, 7) is -0.311. The number of hydrogen-bond acceptors (Lipinski definition) is 6. The number of nitrogens with zero attached hydrogens (tertiary/aromatic N) is 1. The molecule has 0 fully saturated rings. The van der Waals surface area contributed by atoms with Crippen LogP contribution in [-0.4, -0.2) is 38.6 Å². The van der Waals surface area contributed by atoms with Crippen molar-refractivity contribution in [3.63, 3.8) is 0 Å². The SMILES string of the molecule is N#CCNC(=O)C(CS(=O)(=O)Cc1ccccc1)NC(=O)c1cc2ccccc2o1. The van der Waals surface area contributed by atoms with Gasteiger partial charge in [-0.15, -0.1) is 0 Å². The van der Waals surface area contributed by atoms with Gasteiger partial charge in [0, 0.05) is 5.39 Å². The topological polar surface area (TPSA) is 129 Å². The number of hydrogen-bond donors (Lipinski definition) is 2. The van der Waals surface area contributed by atoms with Crippen LogP contribution >= 0.6 is 0 Å². The number of nitriles is 1. The van der Waals surface area contributed by atoms with Gasteiger partial charge in [-0.1, -0.05) is 48.5 Å². The minimum Gasteiger partial charge on any atom is -0.451 e. The first-order valence-corrected chi connectivity index (χ1v) is 10.9. The summed E-state index contributed by atoms with van der Waals surface area (Å²) in [5.41, 5.74) is 1.06. The summed E-state index contributed by atoms with van der Waals surface area (Å²) >= 11 is 0. The van der Waals surface area contributed by atoms with Gasteiger partial charge in [-0.05, 0) is 17.7 Å². The molecule has 1 heterocycles. The van der Waals surface area contributed by atoms with Gasteiger partial charge in [-0.3, -0.25) is 9.59 Å². The van der Waals surface area contributed by atoms with Crippen molar-refractivity contribution < 1.29 is 22.4 Å². The summed E-state index contributed by atoms with van der Waals surface area (Å²) in [5.74, 6) is -2.44. The van der Waals surface area contributed by atoms with Gasteiger partial charge in [-0.25, -0.2) is 8.42 Å². The second-order valence-electron chi connectivity index (χ2n) is 6.59. The maximum atomic E-state index is 12.6. The van der Waals surface area contributed by atoms with Crippen molar-refractivity contribution in [2.24, 2.45) is 0 Å². The van der Waals surface area contributed by atoms with Crippen molar-refractivity contribution in [2.45, 2.75) is 11.8 Å². The molecule has 0 saturated heterocycles. The standard InChI is InChI=1S/C21H19N3O5S/c22-10-11-23-20(25)17(14-30(27,28)13-15-6-2-1-3-7-15)24-21(26)19-12-16-8-4-5-9-18(16)29-19/h1-9,12,17H,11,13-14H2,(H,23,25)(H,24,26). The monoisotopic (exact) mass is 425 g/mol. The molecule has 2 N–H and O–H groups in total. The van der Waals surface area contributed by atoms with E-state index in [9.17, 15) is 18.0 Å². The molecule has 0 aliphatic rings. The van der Waals surface area contributed by atoms with Crippen LogP contribution < -0.4 is 10.6 Å². The number of furan rings is 1. The van der Waals surface area contributed by atoms with E-state index in [1.165, 1.54) is 6.07 Å². The molecule has 0 spiro atoms. The Bertz CT molecular complexity index is 1160. The maximum absolute atomic E-state index is 12.6. The molecule has 0 aliphatic carbocycles. The number of sulfone groups is 1. The van der Waals surface area contributed by atoms with Crippen LogP contribution in [0, 0.1) is 11.3 Å². The van der Waals surface area contributed by atoms with Crippen LogP contribution in [0.2, 0.25) is 0 Å². The highest BCUT2D eigenvalue weighted by atomic mass is 32.2. The molecule has 0 radical (unpaired) electrons. The number of carbonyl (C=O) groups is 2. The highest BCUT2D eigenvalue weighted by Gasteiger charge is 2.28. The molecular weight excluding hydrogens is 406 g/mol. The van der Waals surface area contributed by atoms with Crippen LogP contribution in [0.4, 0.5) is 0 Å². The molecule has 3 aromatic rings. The number of nitrogens with one attached hydrogen (secondary N) is 2. The number of carbonyl (C=O) groups excluding carboxylic acids is 2. The molecule has 1 unspecified atom stereocenters. The van der Waals surface area contributed by atoms with Crippen molar-refractivity contribution in [1.82, 2.24) is 10.6 Å². The zero-order chi connectivity index (χ0) is 21.6. The lowest BCUT2D eigenvalue weighted by molar-refractivity contribution is -0.122. The molecule has 9 heteroatoms. The molecular formula is C21H19N3O5S.